The fourth-order valence-corrected chi connectivity index (χ4v) is 15.9. The largest absolute Gasteiger partial charge is 0.0620 e. The van der Waals surface area contributed by atoms with E-state index in [1.165, 1.54) is 118 Å². The van der Waals surface area contributed by atoms with Crippen LogP contribution in [0.4, 0.5) is 0 Å². The van der Waals surface area contributed by atoms with Gasteiger partial charge in [0.2, 0.25) is 0 Å². The van der Waals surface area contributed by atoms with Crippen molar-refractivity contribution >= 4 is 0 Å². The molecule has 0 aliphatic heterocycles. The van der Waals surface area contributed by atoms with Crippen molar-refractivity contribution in [1.82, 2.24) is 0 Å². The maximum atomic E-state index is 2.60. The third-order valence-corrected chi connectivity index (χ3v) is 16.5. The lowest BCUT2D eigenvalue weighted by Gasteiger charge is -2.98. The summed E-state index contributed by atoms with van der Waals surface area (Å²) < 4.78 is 0. The van der Waals surface area contributed by atoms with E-state index in [0.29, 0.717) is 0 Å². The van der Waals surface area contributed by atoms with Crippen molar-refractivity contribution in [2.45, 2.75) is 27.7 Å². The highest BCUT2D eigenvalue weighted by molar-refractivity contribution is 5.40. The molecule has 11 saturated carbocycles. The summed E-state index contributed by atoms with van der Waals surface area (Å²) in [6.07, 6.45) is 0. The minimum atomic E-state index is 1.09. The maximum absolute atomic E-state index is 2.60. The third kappa shape index (κ3) is 0.879. The third-order valence-electron chi connectivity index (χ3n) is 16.5. The Labute approximate surface area is 170 Å². The van der Waals surface area contributed by atoms with E-state index in [1.54, 1.807) is 0 Å². The molecule has 0 amide bonds. The van der Waals surface area contributed by atoms with Gasteiger partial charge >= 0.3 is 0 Å². The van der Waals surface area contributed by atoms with Crippen molar-refractivity contribution in [3.63, 3.8) is 0 Å². The Bertz CT molecular complexity index is 736. The van der Waals surface area contributed by atoms with Crippen LogP contribution in [0.15, 0.2) is 0 Å². The first-order valence-corrected chi connectivity index (χ1v) is 13.6. The lowest BCUT2D eigenvalue weighted by Crippen LogP contribution is -2.95. The van der Waals surface area contributed by atoms with E-state index >= 15 is 0 Å². The number of hydrogen-bond donors (Lipinski definition) is 0. The minimum absolute atomic E-state index is 1.09. The summed E-state index contributed by atoms with van der Waals surface area (Å²) >= 11 is 0. The molecular weight excluding hydrogens is 336 g/mol. The minimum Gasteiger partial charge on any atom is -0.0620 e. The van der Waals surface area contributed by atoms with E-state index in [0.717, 1.165) is 23.7 Å². The van der Waals surface area contributed by atoms with Gasteiger partial charge in [0.25, 0.3) is 0 Å². The normalized spacial score (nSPS) is 93.0. The van der Waals surface area contributed by atoms with Crippen LogP contribution in [0, 0.1) is 142 Å². The van der Waals surface area contributed by atoms with Gasteiger partial charge in [-0.1, -0.05) is 27.7 Å². The van der Waals surface area contributed by atoms with Gasteiger partial charge < -0.3 is 0 Å². The number of hydrogen-bond acceptors (Lipinski definition) is 0. The Morgan fingerprint density at radius 2 is 0.286 bits per heavy atom. The molecule has 11 aliphatic carbocycles. The second kappa shape index (κ2) is 3.52. The number of rotatable bonds is 0. The van der Waals surface area contributed by atoms with E-state index in [-0.39, 0.29) is 0 Å². The fourth-order valence-electron chi connectivity index (χ4n) is 15.9. The molecule has 0 heterocycles. The summed E-state index contributed by atoms with van der Waals surface area (Å²) in [6, 6.07) is 0. The van der Waals surface area contributed by atoms with Crippen LogP contribution >= 0.6 is 0 Å². The highest BCUT2D eigenvalue weighted by Crippen LogP contribution is 2.97. The molecule has 11 fully saturated rings. The molecule has 0 spiro atoms. The Hall–Kier alpha value is 0. The first-order valence-electron chi connectivity index (χ1n) is 13.6. The maximum Gasteiger partial charge on any atom is -0.0312 e. The molecule has 0 radical (unpaired) electrons. The van der Waals surface area contributed by atoms with Crippen molar-refractivity contribution in [3.05, 3.63) is 0 Å². The molecule has 0 N–H and O–H groups in total. The quantitative estimate of drug-likeness (QED) is 0.525. The van der Waals surface area contributed by atoms with Crippen LogP contribution in [0.5, 0.6) is 0 Å². The zero-order chi connectivity index (χ0) is 17.9. The van der Waals surface area contributed by atoms with Gasteiger partial charge in [-0.25, -0.2) is 0 Å². The molecule has 0 aromatic rings. The zero-order valence-electron chi connectivity index (χ0n) is 17.9. The van der Waals surface area contributed by atoms with Gasteiger partial charge in [0.1, 0.15) is 0 Å². The summed E-state index contributed by atoms with van der Waals surface area (Å²) in [5, 5.41) is 0. The van der Waals surface area contributed by atoms with E-state index in [1.807, 2.05) is 0 Å². The van der Waals surface area contributed by atoms with Gasteiger partial charge in [0.15, 0.2) is 0 Å². The van der Waals surface area contributed by atoms with Gasteiger partial charge in [0, 0.05) is 0 Å². The van der Waals surface area contributed by atoms with Crippen molar-refractivity contribution in [2.75, 3.05) is 0 Å². The molecular formula is C28H36. The first-order chi connectivity index (χ1) is 13.6. The lowest BCUT2D eigenvalue weighted by atomic mass is 9.06. The van der Waals surface area contributed by atoms with E-state index in [4.69, 9.17) is 0 Å². The Morgan fingerprint density at radius 3 is 0.429 bits per heavy atom. The summed E-state index contributed by atoms with van der Waals surface area (Å²) in [6.45, 7) is 10.4. The predicted octanol–water partition coefficient (Wildman–Crippen LogP) is 5.00. The standard InChI is InChI=1S/C28H36/c1-5-6(2)10-9(5)13-14(10)18-17(13)21-22(18)26-25(21)27-23-19-15-11-7(3)8(4)12(11)16(15)20(19)24(23)28(26)27/h5-28H,1-4H3/t5-,6?,7?,8-,9-,10?,11+,12?,13-,14?,15+,16?,17-,18?,19+,20?,21-,22?,23+,24?,25?,26?,27?,28?/m0/s1. The van der Waals surface area contributed by atoms with E-state index in [2.05, 4.69) is 27.7 Å². The zero-order valence-corrected chi connectivity index (χ0v) is 17.9. The SMILES string of the molecule is CC1[C@H](C)C2C3C4C5C6C7C(C6[C@@H]5[C@@H]4[C@@H]3[C@H]12)[C@@H]1C7C2C3C4C(C)[C@H](C)[C@@H]4[C@@H]3[C@@H]21. The van der Waals surface area contributed by atoms with Gasteiger partial charge in [0.05, 0.1) is 0 Å². The molecule has 0 aromatic carbocycles. The van der Waals surface area contributed by atoms with Crippen LogP contribution in [0.1, 0.15) is 27.7 Å². The van der Waals surface area contributed by atoms with Gasteiger partial charge in [-0.15, -0.1) is 0 Å². The summed E-state index contributed by atoms with van der Waals surface area (Å²) in [5.41, 5.74) is 0. The molecule has 11 aliphatic rings. The van der Waals surface area contributed by atoms with Gasteiger partial charge in [-0.3, -0.25) is 0 Å². The van der Waals surface area contributed by atoms with Crippen molar-refractivity contribution < 1.29 is 0 Å². The van der Waals surface area contributed by atoms with Crippen molar-refractivity contribution in [1.29, 1.82) is 0 Å². The molecule has 24 atom stereocenters. The first kappa shape index (κ1) is 14.1. The predicted molar refractivity (Wildman–Crippen MR) is 106 cm³/mol. The van der Waals surface area contributed by atoms with Crippen molar-refractivity contribution in [2.24, 2.45) is 142 Å². The monoisotopic (exact) mass is 372 g/mol. The summed E-state index contributed by atoms with van der Waals surface area (Å²) in [7, 11) is 0. The van der Waals surface area contributed by atoms with Crippen LogP contribution in [0.25, 0.3) is 0 Å². The van der Waals surface area contributed by atoms with Crippen LogP contribution in [-0.2, 0) is 0 Å². The summed E-state index contributed by atoms with van der Waals surface area (Å²) in [5.74, 6) is 29.6. The van der Waals surface area contributed by atoms with Gasteiger partial charge in [-0.2, -0.15) is 0 Å². The Balaban J connectivity index is 0.893. The molecule has 0 bridgehead atoms. The van der Waals surface area contributed by atoms with E-state index < -0.39 is 0 Å². The second-order valence-electron chi connectivity index (χ2n) is 15.0. The topological polar surface area (TPSA) is 0 Å². The summed E-state index contributed by atoms with van der Waals surface area (Å²) in [4.78, 5) is 0. The molecule has 11 rings (SSSR count). The molecule has 0 nitrogen and oxygen atoms in total. The fraction of sp³-hybridized carbons (Fsp3) is 1.00. The molecule has 0 saturated heterocycles. The molecule has 0 heteroatoms. The van der Waals surface area contributed by atoms with Crippen molar-refractivity contribution in [3.8, 4) is 0 Å². The van der Waals surface area contributed by atoms with Crippen LogP contribution in [0.2, 0.25) is 0 Å². The molecule has 14 unspecified atom stereocenters. The highest BCUT2D eigenvalue weighted by atomic mass is 15.0. The smallest absolute Gasteiger partial charge is 0.0312 e. The van der Waals surface area contributed by atoms with E-state index in [9.17, 15) is 0 Å². The Morgan fingerprint density at radius 1 is 0.179 bits per heavy atom. The van der Waals surface area contributed by atoms with Gasteiger partial charge in [-0.05, 0) is 142 Å². The number of fused-ring (bicyclic) bond motifs is 28. The Kier molecular flexibility index (Phi) is 1.78. The molecule has 148 valence electrons. The average Bonchev–Trinajstić information content (AvgIpc) is 2.63. The van der Waals surface area contributed by atoms with Crippen LogP contribution in [0.3, 0.4) is 0 Å². The highest BCUT2D eigenvalue weighted by Gasteiger charge is 2.94. The lowest BCUT2D eigenvalue weighted by molar-refractivity contribution is -0.515. The molecule has 28 heavy (non-hydrogen) atoms. The average molecular weight is 373 g/mol. The second-order valence-corrected chi connectivity index (χ2v) is 15.0. The van der Waals surface area contributed by atoms with Crippen LogP contribution < -0.4 is 0 Å². The molecule has 0 aromatic heterocycles. The van der Waals surface area contributed by atoms with Crippen LogP contribution in [-0.4, -0.2) is 0 Å².